The van der Waals surface area contributed by atoms with Crippen molar-refractivity contribution in [1.29, 1.82) is 0 Å². The van der Waals surface area contributed by atoms with Crippen molar-refractivity contribution >= 4 is 11.6 Å². The van der Waals surface area contributed by atoms with Gasteiger partial charge in [-0.05, 0) is 23.7 Å². The maximum absolute atomic E-state index is 12.9. The zero-order valence-electron chi connectivity index (χ0n) is 7.74. The fraction of sp³-hybridized carbons (Fsp3) is 0.200. The Kier molecular flexibility index (Phi) is 4.49. The van der Waals surface area contributed by atoms with Crippen molar-refractivity contribution in [2.45, 2.75) is 6.42 Å². The van der Waals surface area contributed by atoms with Crippen LogP contribution in [-0.2, 0) is 0 Å². The van der Waals surface area contributed by atoms with Crippen LogP contribution < -0.4 is 0 Å². The average molecular weight is 224 g/mol. The smallest absolute Gasteiger partial charge is 0.143 e. The second-order valence-corrected chi connectivity index (χ2v) is 3.04. The highest BCUT2D eigenvalue weighted by Gasteiger charge is 1.97. The number of nitrogens with zero attached hydrogens (tertiary/aromatic N) is 3. The summed E-state index contributed by atoms with van der Waals surface area (Å²) in [6.45, 7) is 0.319. The molecule has 0 unspecified atom stereocenters. The highest BCUT2D eigenvalue weighted by Crippen LogP contribution is 2.14. The minimum absolute atomic E-state index is 0.0784. The first-order valence-electron chi connectivity index (χ1n) is 4.19. The molecule has 0 bridgehead atoms. The van der Waals surface area contributed by atoms with E-state index in [1.54, 1.807) is 6.07 Å². The molecule has 0 saturated carbocycles. The molecule has 1 rings (SSSR count). The minimum atomic E-state index is -0.487. The van der Waals surface area contributed by atoms with Crippen LogP contribution in [0.1, 0.15) is 12.0 Å². The van der Waals surface area contributed by atoms with E-state index in [2.05, 4.69) is 21.9 Å². The van der Waals surface area contributed by atoms with Crippen LogP contribution in [0.2, 0.25) is 5.02 Å². The molecule has 0 atom stereocenters. The van der Waals surface area contributed by atoms with Gasteiger partial charge in [0.05, 0.1) is 5.02 Å². The summed E-state index contributed by atoms with van der Waals surface area (Å²) < 4.78 is 12.9. The van der Waals surface area contributed by atoms with Gasteiger partial charge >= 0.3 is 0 Å². The van der Waals surface area contributed by atoms with Crippen LogP contribution >= 0.6 is 11.6 Å². The average Bonchev–Trinajstić information content (AvgIpc) is 2.23. The molecule has 0 N–H and O–H groups in total. The quantitative estimate of drug-likeness (QED) is 0.242. The zero-order valence-corrected chi connectivity index (χ0v) is 8.50. The lowest BCUT2D eigenvalue weighted by atomic mass is 10.2. The van der Waals surface area contributed by atoms with Gasteiger partial charge in [0.1, 0.15) is 5.82 Å². The largest absolute Gasteiger partial charge is 0.205 e. The molecule has 15 heavy (non-hydrogen) atoms. The van der Waals surface area contributed by atoms with Gasteiger partial charge in [-0.25, -0.2) is 4.39 Å². The molecule has 0 spiro atoms. The first kappa shape index (κ1) is 11.4. The molecule has 0 aliphatic heterocycles. The van der Waals surface area contributed by atoms with Gasteiger partial charge in [-0.1, -0.05) is 28.6 Å². The maximum Gasteiger partial charge on any atom is 0.143 e. The van der Waals surface area contributed by atoms with Crippen LogP contribution in [0.15, 0.2) is 23.3 Å². The molecule has 0 aliphatic carbocycles. The summed E-state index contributed by atoms with van der Waals surface area (Å²) in [5.74, 6) is 5.01. The van der Waals surface area contributed by atoms with E-state index in [0.717, 1.165) is 0 Å². The van der Waals surface area contributed by atoms with Crippen molar-refractivity contribution in [3.05, 3.63) is 45.0 Å². The number of benzene rings is 1. The Labute approximate surface area is 91.5 Å². The molecular weight excluding hydrogens is 217 g/mol. The van der Waals surface area contributed by atoms with E-state index in [1.807, 2.05) is 0 Å². The van der Waals surface area contributed by atoms with Crippen molar-refractivity contribution in [3.8, 4) is 11.8 Å². The molecule has 0 aromatic heterocycles. The number of azide groups is 1. The van der Waals surface area contributed by atoms with E-state index in [4.69, 9.17) is 17.1 Å². The minimum Gasteiger partial charge on any atom is -0.205 e. The van der Waals surface area contributed by atoms with Crippen LogP contribution in [0.4, 0.5) is 4.39 Å². The van der Waals surface area contributed by atoms with Crippen LogP contribution in [0.3, 0.4) is 0 Å². The van der Waals surface area contributed by atoms with E-state index in [0.29, 0.717) is 18.5 Å². The molecule has 3 nitrogen and oxygen atoms in total. The van der Waals surface area contributed by atoms with Crippen molar-refractivity contribution in [3.63, 3.8) is 0 Å². The normalized spacial score (nSPS) is 8.67. The monoisotopic (exact) mass is 223 g/mol. The summed E-state index contributed by atoms with van der Waals surface area (Å²) in [7, 11) is 0. The highest BCUT2D eigenvalue weighted by molar-refractivity contribution is 6.30. The number of rotatable bonds is 2. The van der Waals surface area contributed by atoms with Gasteiger partial charge in [-0.3, -0.25) is 0 Å². The first-order chi connectivity index (χ1) is 7.24. The summed E-state index contributed by atoms with van der Waals surface area (Å²) in [5.41, 5.74) is 8.55. The Morgan fingerprint density at radius 3 is 3.00 bits per heavy atom. The molecule has 1 aromatic rings. The lowest BCUT2D eigenvalue weighted by Gasteiger charge is -1.93. The Morgan fingerprint density at radius 1 is 1.53 bits per heavy atom. The van der Waals surface area contributed by atoms with Gasteiger partial charge in [0.2, 0.25) is 0 Å². The Hall–Kier alpha value is -1.69. The maximum atomic E-state index is 12.9. The second-order valence-electron chi connectivity index (χ2n) is 2.64. The third-order valence-electron chi connectivity index (χ3n) is 1.55. The molecule has 1 aromatic carbocycles. The molecular formula is C10H7ClFN3. The van der Waals surface area contributed by atoms with Gasteiger partial charge in [-0.15, -0.1) is 0 Å². The SMILES string of the molecule is [N-]=[N+]=NCCC#Cc1ccc(Cl)c(F)c1. The summed E-state index contributed by atoms with van der Waals surface area (Å²) in [6, 6.07) is 4.35. The van der Waals surface area contributed by atoms with Gasteiger partial charge in [0, 0.05) is 23.4 Å². The zero-order chi connectivity index (χ0) is 11.1. The lowest BCUT2D eigenvalue weighted by Crippen LogP contribution is -1.80. The van der Waals surface area contributed by atoms with E-state index in [1.165, 1.54) is 12.1 Å². The lowest BCUT2D eigenvalue weighted by molar-refractivity contribution is 0.628. The highest BCUT2D eigenvalue weighted by atomic mass is 35.5. The molecule has 0 saturated heterocycles. The van der Waals surface area contributed by atoms with Crippen molar-refractivity contribution < 1.29 is 4.39 Å². The summed E-state index contributed by atoms with van der Waals surface area (Å²) in [4.78, 5) is 2.59. The molecule has 0 fully saturated rings. The van der Waals surface area contributed by atoms with Crippen LogP contribution in [0.5, 0.6) is 0 Å². The van der Waals surface area contributed by atoms with E-state index in [9.17, 15) is 4.39 Å². The molecule has 0 heterocycles. The van der Waals surface area contributed by atoms with Gasteiger partial charge in [0.25, 0.3) is 0 Å². The number of halogens is 2. The predicted octanol–water partition coefficient (Wildman–Crippen LogP) is 3.53. The molecule has 5 heteroatoms. The first-order valence-corrected chi connectivity index (χ1v) is 4.56. The Morgan fingerprint density at radius 2 is 2.33 bits per heavy atom. The Balaban J connectivity index is 2.64. The van der Waals surface area contributed by atoms with E-state index in [-0.39, 0.29) is 5.02 Å². The topological polar surface area (TPSA) is 48.8 Å². The van der Waals surface area contributed by atoms with Crippen LogP contribution in [0.25, 0.3) is 10.4 Å². The van der Waals surface area contributed by atoms with Crippen molar-refractivity contribution in [2.24, 2.45) is 5.11 Å². The third kappa shape index (κ3) is 3.90. The summed E-state index contributed by atoms with van der Waals surface area (Å²) in [5, 5.41) is 3.40. The number of hydrogen-bond acceptors (Lipinski definition) is 1. The summed E-state index contributed by atoms with van der Waals surface area (Å²) >= 11 is 5.50. The van der Waals surface area contributed by atoms with Crippen molar-refractivity contribution in [2.75, 3.05) is 6.54 Å². The van der Waals surface area contributed by atoms with E-state index >= 15 is 0 Å². The van der Waals surface area contributed by atoms with Gasteiger partial charge in [0.15, 0.2) is 0 Å². The molecule has 0 aliphatic rings. The summed E-state index contributed by atoms with van der Waals surface area (Å²) in [6.07, 6.45) is 0.453. The van der Waals surface area contributed by atoms with Crippen LogP contribution in [-0.4, -0.2) is 6.54 Å². The Bertz CT molecular complexity index is 455. The van der Waals surface area contributed by atoms with Crippen molar-refractivity contribution in [1.82, 2.24) is 0 Å². The molecule has 0 amide bonds. The van der Waals surface area contributed by atoms with Gasteiger partial charge < -0.3 is 0 Å². The standard InChI is InChI=1S/C10H7ClFN3/c11-9-5-4-8(7-10(9)12)3-1-2-6-14-15-13/h4-5,7H,2,6H2. The number of hydrogen-bond donors (Lipinski definition) is 0. The molecule has 76 valence electrons. The third-order valence-corrected chi connectivity index (χ3v) is 1.86. The fourth-order valence-electron chi connectivity index (χ4n) is 0.889. The van der Waals surface area contributed by atoms with Gasteiger partial charge in [-0.2, -0.15) is 0 Å². The molecule has 0 radical (unpaired) electrons. The second kappa shape index (κ2) is 5.92. The predicted molar refractivity (Wildman–Crippen MR) is 56.9 cm³/mol. The van der Waals surface area contributed by atoms with E-state index < -0.39 is 5.82 Å². The van der Waals surface area contributed by atoms with Crippen LogP contribution in [0, 0.1) is 17.7 Å². The fourth-order valence-corrected chi connectivity index (χ4v) is 1.01.